The van der Waals surface area contributed by atoms with Gasteiger partial charge in [-0.2, -0.15) is 20.1 Å². The van der Waals surface area contributed by atoms with Crippen LogP contribution in [0.25, 0.3) is 0 Å². The Kier molecular flexibility index (Phi) is 7.50. The second-order valence-electron chi connectivity index (χ2n) is 7.31. The van der Waals surface area contributed by atoms with E-state index in [1.807, 2.05) is 24.0 Å². The van der Waals surface area contributed by atoms with Gasteiger partial charge in [0.1, 0.15) is 0 Å². The van der Waals surface area contributed by atoms with Crippen molar-refractivity contribution in [2.45, 2.75) is 6.92 Å². The largest absolute Gasteiger partial charge is 0.378 e. The van der Waals surface area contributed by atoms with E-state index in [0.29, 0.717) is 53.3 Å². The predicted molar refractivity (Wildman–Crippen MR) is 134 cm³/mol. The van der Waals surface area contributed by atoms with Crippen LogP contribution in [0, 0.1) is 17.0 Å². The molecule has 1 fully saturated rings. The fourth-order valence-electron chi connectivity index (χ4n) is 3.09. The summed E-state index contributed by atoms with van der Waals surface area (Å²) >= 11 is 9.41. The first kappa shape index (κ1) is 23.8. The Labute approximate surface area is 208 Å². The van der Waals surface area contributed by atoms with Crippen LogP contribution in [-0.4, -0.2) is 52.4 Å². The molecule has 4 rings (SSSR count). The van der Waals surface area contributed by atoms with E-state index in [1.165, 1.54) is 12.3 Å². The van der Waals surface area contributed by atoms with Crippen LogP contribution in [0.5, 0.6) is 0 Å². The molecule has 0 bridgehead atoms. The van der Waals surface area contributed by atoms with Crippen LogP contribution >= 0.6 is 27.5 Å². The highest BCUT2D eigenvalue weighted by atomic mass is 79.9. The Hall–Kier alpha value is -3.35. The minimum Gasteiger partial charge on any atom is -0.378 e. The molecule has 1 aliphatic rings. The Morgan fingerprint density at radius 1 is 1.18 bits per heavy atom. The third-order valence-corrected chi connectivity index (χ3v) is 5.97. The molecule has 13 heteroatoms. The number of nitro groups is 1. The van der Waals surface area contributed by atoms with E-state index in [4.69, 9.17) is 16.3 Å². The molecular formula is C21H20BrClN8O3. The number of nitrogens with zero attached hydrogens (tertiary/aromatic N) is 6. The van der Waals surface area contributed by atoms with E-state index in [-0.39, 0.29) is 11.6 Å². The van der Waals surface area contributed by atoms with Crippen molar-refractivity contribution in [3.05, 3.63) is 67.1 Å². The van der Waals surface area contributed by atoms with Crippen molar-refractivity contribution in [3.63, 3.8) is 0 Å². The number of hydrogen-bond donors (Lipinski definition) is 2. The molecule has 0 amide bonds. The lowest BCUT2D eigenvalue weighted by molar-refractivity contribution is -0.385. The molecular weight excluding hydrogens is 528 g/mol. The Bertz CT molecular complexity index is 1240. The van der Waals surface area contributed by atoms with Gasteiger partial charge >= 0.3 is 0 Å². The van der Waals surface area contributed by atoms with Gasteiger partial charge in [0.15, 0.2) is 0 Å². The molecule has 2 heterocycles. The standard InChI is InChI=1S/C21H20BrClN8O3/c1-13-2-4-15(11-17(13)23)25-19-26-20(28-21(27-19)30-6-8-34-9-7-30)29-24-12-14-3-5-16(22)18(10-14)31(32)33/h2-5,10-12H,6-9H2,1H3,(H2,25,26,27,28,29). The van der Waals surface area contributed by atoms with Gasteiger partial charge in [-0.25, -0.2) is 5.43 Å². The summed E-state index contributed by atoms with van der Waals surface area (Å²) in [5.74, 6) is 0.990. The summed E-state index contributed by atoms with van der Waals surface area (Å²) in [4.78, 5) is 26.1. The zero-order valence-corrected chi connectivity index (χ0v) is 20.4. The minimum atomic E-state index is -0.468. The number of nitro benzene ring substituents is 1. The predicted octanol–water partition coefficient (Wildman–Crippen LogP) is 4.53. The van der Waals surface area contributed by atoms with Crippen molar-refractivity contribution < 1.29 is 9.66 Å². The maximum absolute atomic E-state index is 11.1. The van der Waals surface area contributed by atoms with Crippen LogP contribution in [0.3, 0.4) is 0 Å². The van der Waals surface area contributed by atoms with Gasteiger partial charge in [0.2, 0.25) is 17.8 Å². The molecule has 3 aromatic rings. The number of hydrogen-bond acceptors (Lipinski definition) is 10. The average Bonchev–Trinajstić information content (AvgIpc) is 2.83. The Balaban J connectivity index is 1.58. The highest BCUT2D eigenvalue weighted by molar-refractivity contribution is 9.10. The Morgan fingerprint density at radius 2 is 1.94 bits per heavy atom. The molecule has 34 heavy (non-hydrogen) atoms. The lowest BCUT2D eigenvalue weighted by atomic mass is 10.2. The monoisotopic (exact) mass is 546 g/mol. The number of rotatable bonds is 7. The van der Waals surface area contributed by atoms with Gasteiger partial charge in [-0.1, -0.05) is 23.7 Å². The summed E-state index contributed by atoms with van der Waals surface area (Å²) in [5, 5.41) is 19.1. The number of morpholine rings is 1. The maximum atomic E-state index is 11.1. The number of hydrazone groups is 1. The van der Waals surface area contributed by atoms with Crippen LogP contribution < -0.4 is 15.6 Å². The van der Waals surface area contributed by atoms with Gasteiger partial charge in [-0.05, 0) is 46.6 Å². The average molecular weight is 548 g/mol. The molecule has 0 aliphatic carbocycles. The van der Waals surface area contributed by atoms with Crippen molar-refractivity contribution in [3.8, 4) is 0 Å². The molecule has 11 nitrogen and oxygen atoms in total. The van der Waals surface area contributed by atoms with Crippen LogP contribution in [-0.2, 0) is 4.74 Å². The number of ether oxygens (including phenoxy) is 1. The third-order valence-electron chi connectivity index (χ3n) is 4.89. The highest BCUT2D eigenvalue weighted by Gasteiger charge is 2.17. The topological polar surface area (TPSA) is 131 Å². The quantitative estimate of drug-likeness (QED) is 0.249. The summed E-state index contributed by atoms with van der Waals surface area (Å²) < 4.78 is 5.81. The van der Waals surface area contributed by atoms with Gasteiger partial charge < -0.3 is 15.0 Å². The maximum Gasteiger partial charge on any atom is 0.284 e. The number of anilines is 4. The molecule has 0 spiro atoms. The van der Waals surface area contributed by atoms with E-state index in [1.54, 1.807) is 18.2 Å². The molecule has 0 unspecified atom stereocenters. The fraction of sp³-hybridized carbons (Fsp3) is 0.238. The molecule has 0 saturated carbocycles. The Morgan fingerprint density at radius 3 is 2.68 bits per heavy atom. The second kappa shape index (κ2) is 10.7. The van der Waals surface area contributed by atoms with Crippen molar-refractivity contribution in [2.24, 2.45) is 5.10 Å². The van der Waals surface area contributed by atoms with Gasteiger partial charge in [0.25, 0.3) is 5.69 Å². The number of aryl methyl sites for hydroxylation is 1. The molecule has 0 atom stereocenters. The summed E-state index contributed by atoms with van der Waals surface area (Å²) in [5.41, 5.74) is 4.96. The van der Waals surface area contributed by atoms with E-state index in [2.05, 4.69) is 46.7 Å². The molecule has 1 aliphatic heterocycles. The van der Waals surface area contributed by atoms with Crippen LogP contribution in [0.1, 0.15) is 11.1 Å². The van der Waals surface area contributed by atoms with Gasteiger partial charge in [0.05, 0.1) is 28.8 Å². The van der Waals surface area contributed by atoms with E-state index in [0.717, 1.165) is 11.3 Å². The van der Waals surface area contributed by atoms with Gasteiger partial charge in [-0.3, -0.25) is 10.1 Å². The van der Waals surface area contributed by atoms with Gasteiger partial charge in [-0.15, -0.1) is 0 Å². The number of halogens is 2. The fourth-order valence-corrected chi connectivity index (χ4v) is 3.66. The first-order valence-electron chi connectivity index (χ1n) is 10.2. The SMILES string of the molecule is Cc1ccc(Nc2nc(NN=Cc3ccc(Br)c([N+](=O)[O-])c3)nc(N3CCOCC3)n2)cc1Cl. The highest BCUT2D eigenvalue weighted by Crippen LogP contribution is 2.25. The first-order valence-corrected chi connectivity index (χ1v) is 11.4. The van der Waals surface area contributed by atoms with Crippen molar-refractivity contribution >= 4 is 63.0 Å². The minimum absolute atomic E-state index is 0.0537. The molecule has 0 radical (unpaired) electrons. The summed E-state index contributed by atoms with van der Waals surface area (Å²) in [6.07, 6.45) is 1.45. The van der Waals surface area contributed by atoms with Crippen LogP contribution in [0.4, 0.5) is 29.2 Å². The zero-order valence-electron chi connectivity index (χ0n) is 18.0. The van der Waals surface area contributed by atoms with E-state index >= 15 is 0 Å². The number of nitrogens with one attached hydrogen (secondary N) is 2. The van der Waals surface area contributed by atoms with Crippen molar-refractivity contribution in [2.75, 3.05) is 41.9 Å². The van der Waals surface area contributed by atoms with E-state index < -0.39 is 4.92 Å². The summed E-state index contributed by atoms with van der Waals surface area (Å²) in [6.45, 7) is 4.36. The smallest absolute Gasteiger partial charge is 0.284 e. The number of benzene rings is 2. The normalized spacial score (nSPS) is 13.8. The number of aromatic nitrogens is 3. The second-order valence-corrected chi connectivity index (χ2v) is 8.57. The molecule has 1 saturated heterocycles. The van der Waals surface area contributed by atoms with Gasteiger partial charge in [0, 0.05) is 35.4 Å². The molecule has 2 N–H and O–H groups in total. The lowest BCUT2D eigenvalue weighted by Gasteiger charge is -2.27. The first-order chi connectivity index (χ1) is 16.4. The molecule has 176 valence electrons. The third kappa shape index (κ3) is 5.95. The summed E-state index contributed by atoms with van der Waals surface area (Å²) in [6, 6.07) is 10.3. The summed E-state index contributed by atoms with van der Waals surface area (Å²) in [7, 11) is 0. The van der Waals surface area contributed by atoms with Crippen LogP contribution in [0.2, 0.25) is 5.02 Å². The van der Waals surface area contributed by atoms with Crippen molar-refractivity contribution in [1.82, 2.24) is 15.0 Å². The lowest BCUT2D eigenvalue weighted by Crippen LogP contribution is -2.37. The van der Waals surface area contributed by atoms with E-state index in [9.17, 15) is 10.1 Å². The van der Waals surface area contributed by atoms with Crippen molar-refractivity contribution in [1.29, 1.82) is 0 Å². The van der Waals surface area contributed by atoms with Crippen LogP contribution in [0.15, 0.2) is 46.0 Å². The zero-order chi connectivity index (χ0) is 24.1. The molecule has 2 aromatic carbocycles. The molecule has 1 aromatic heterocycles.